The van der Waals surface area contributed by atoms with Crippen molar-refractivity contribution in [1.82, 2.24) is 0 Å². The fraction of sp³-hybridized carbons (Fsp3) is 0.385. The highest BCUT2D eigenvalue weighted by Gasteiger charge is 2.24. The lowest BCUT2D eigenvalue weighted by atomic mass is 9.96. The van der Waals surface area contributed by atoms with Crippen LogP contribution in [0.4, 0.5) is 8.78 Å². The van der Waals surface area contributed by atoms with Crippen LogP contribution < -0.4 is 0 Å². The predicted molar refractivity (Wildman–Crippen MR) is 62.2 cm³/mol. The maximum atomic E-state index is 13.1. The first-order valence-corrected chi connectivity index (χ1v) is 5.56. The topological polar surface area (TPSA) is 52.6 Å². The third kappa shape index (κ3) is 4.31. The van der Waals surface area contributed by atoms with Gasteiger partial charge in [0.1, 0.15) is 0 Å². The number of carbonyl (C=O) groups is 2. The number of carbonyl (C=O) groups excluding carboxylic acids is 2. The molecule has 0 saturated heterocycles. The molecule has 104 valence electrons. The van der Waals surface area contributed by atoms with Gasteiger partial charge in [-0.1, -0.05) is 6.07 Å². The molecule has 6 heteroatoms. The first kappa shape index (κ1) is 15.1. The van der Waals surface area contributed by atoms with E-state index in [2.05, 4.69) is 9.47 Å². The van der Waals surface area contributed by atoms with E-state index >= 15 is 0 Å². The molecule has 1 atom stereocenters. The first-order valence-electron chi connectivity index (χ1n) is 5.56. The SMILES string of the molecule is COC(=O)CC(Cc1ccc(F)c(F)c1)C(=O)OC. The van der Waals surface area contributed by atoms with Gasteiger partial charge in [0.05, 0.1) is 26.6 Å². The standard InChI is InChI=1S/C13H14F2O4/c1-18-12(16)7-9(13(17)19-2)5-8-3-4-10(14)11(15)6-8/h3-4,6,9H,5,7H2,1-2H3. The van der Waals surface area contributed by atoms with E-state index in [9.17, 15) is 18.4 Å². The Balaban J connectivity index is 2.84. The number of halogens is 2. The second-order valence-corrected chi connectivity index (χ2v) is 3.95. The molecular weight excluding hydrogens is 258 g/mol. The summed E-state index contributed by atoms with van der Waals surface area (Å²) in [6, 6.07) is 3.31. The zero-order chi connectivity index (χ0) is 14.4. The van der Waals surface area contributed by atoms with E-state index < -0.39 is 29.5 Å². The van der Waals surface area contributed by atoms with Crippen LogP contribution in [-0.4, -0.2) is 26.2 Å². The van der Waals surface area contributed by atoms with Gasteiger partial charge in [0.15, 0.2) is 11.6 Å². The van der Waals surface area contributed by atoms with Gasteiger partial charge in [-0.25, -0.2) is 8.78 Å². The number of hydrogen-bond donors (Lipinski definition) is 0. The Bertz CT molecular complexity index is 474. The Morgan fingerprint density at radius 3 is 2.37 bits per heavy atom. The molecule has 0 N–H and O–H groups in total. The van der Waals surface area contributed by atoms with Crippen molar-refractivity contribution < 1.29 is 27.8 Å². The second-order valence-electron chi connectivity index (χ2n) is 3.95. The molecule has 1 unspecified atom stereocenters. The fourth-order valence-electron chi connectivity index (χ4n) is 1.64. The molecule has 19 heavy (non-hydrogen) atoms. The molecule has 0 spiro atoms. The zero-order valence-corrected chi connectivity index (χ0v) is 10.6. The van der Waals surface area contributed by atoms with Crippen molar-refractivity contribution in [1.29, 1.82) is 0 Å². The van der Waals surface area contributed by atoms with E-state index in [1.54, 1.807) is 0 Å². The lowest BCUT2D eigenvalue weighted by Crippen LogP contribution is -2.22. The molecule has 0 radical (unpaired) electrons. The summed E-state index contributed by atoms with van der Waals surface area (Å²) >= 11 is 0. The van der Waals surface area contributed by atoms with Crippen molar-refractivity contribution in [3.8, 4) is 0 Å². The van der Waals surface area contributed by atoms with Crippen molar-refractivity contribution in [2.45, 2.75) is 12.8 Å². The van der Waals surface area contributed by atoms with Gasteiger partial charge in [-0.2, -0.15) is 0 Å². The van der Waals surface area contributed by atoms with E-state index in [-0.39, 0.29) is 12.8 Å². The Hall–Kier alpha value is -1.98. The van der Waals surface area contributed by atoms with Crippen LogP contribution in [0.15, 0.2) is 18.2 Å². The number of esters is 2. The van der Waals surface area contributed by atoms with E-state index in [1.807, 2.05) is 0 Å². The van der Waals surface area contributed by atoms with E-state index in [4.69, 9.17) is 0 Å². The Morgan fingerprint density at radius 2 is 1.84 bits per heavy atom. The van der Waals surface area contributed by atoms with Crippen LogP contribution >= 0.6 is 0 Å². The molecule has 0 aliphatic carbocycles. The molecule has 0 aliphatic heterocycles. The molecule has 1 rings (SSSR count). The van der Waals surface area contributed by atoms with Crippen molar-refractivity contribution in [3.05, 3.63) is 35.4 Å². The summed E-state index contributed by atoms with van der Waals surface area (Å²) in [7, 11) is 2.39. The van der Waals surface area contributed by atoms with Crippen molar-refractivity contribution in [3.63, 3.8) is 0 Å². The summed E-state index contributed by atoms with van der Waals surface area (Å²) in [5.74, 6) is -3.93. The van der Waals surface area contributed by atoms with Crippen LogP contribution in [0.2, 0.25) is 0 Å². The minimum absolute atomic E-state index is 0.0684. The zero-order valence-electron chi connectivity index (χ0n) is 10.6. The highest BCUT2D eigenvalue weighted by atomic mass is 19.2. The molecular formula is C13H14F2O4. The largest absolute Gasteiger partial charge is 0.469 e. The number of benzene rings is 1. The average Bonchev–Trinajstić information content (AvgIpc) is 2.41. The third-order valence-corrected chi connectivity index (χ3v) is 2.64. The molecule has 0 bridgehead atoms. The van der Waals surface area contributed by atoms with Gasteiger partial charge >= 0.3 is 11.9 Å². The number of hydrogen-bond acceptors (Lipinski definition) is 4. The van der Waals surface area contributed by atoms with E-state index in [0.717, 1.165) is 12.1 Å². The molecule has 0 aromatic heterocycles. The summed E-state index contributed by atoms with van der Waals surface area (Å²) in [5, 5.41) is 0. The minimum Gasteiger partial charge on any atom is -0.469 e. The maximum Gasteiger partial charge on any atom is 0.309 e. The smallest absolute Gasteiger partial charge is 0.309 e. The van der Waals surface area contributed by atoms with Gasteiger partial charge < -0.3 is 9.47 Å². The molecule has 0 aliphatic rings. The van der Waals surface area contributed by atoms with Gasteiger partial charge in [0, 0.05) is 0 Å². The minimum atomic E-state index is -1.00. The summed E-state index contributed by atoms with van der Waals surface area (Å²) in [5.41, 5.74) is 0.401. The maximum absolute atomic E-state index is 13.1. The van der Waals surface area contributed by atoms with Crippen LogP contribution in [0.5, 0.6) is 0 Å². The van der Waals surface area contributed by atoms with Crippen LogP contribution in [-0.2, 0) is 25.5 Å². The number of methoxy groups -OCH3 is 2. The van der Waals surface area contributed by atoms with Gasteiger partial charge in [0.2, 0.25) is 0 Å². The lowest BCUT2D eigenvalue weighted by Gasteiger charge is -2.13. The average molecular weight is 272 g/mol. The summed E-state index contributed by atoms with van der Waals surface area (Å²) in [6.07, 6.45) is -0.110. The van der Waals surface area contributed by atoms with Gasteiger partial charge in [-0.3, -0.25) is 9.59 Å². The van der Waals surface area contributed by atoms with Gasteiger partial charge in [-0.15, -0.1) is 0 Å². The molecule has 0 amide bonds. The molecule has 0 heterocycles. The summed E-state index contributed by atoms with van der Waals surface area (Å²) in [4.78, 5) is 22.7. The Morgan fingerprint density at radius 1 is 1.16 bits per heavy atom. The van der Waals surface area contributed by atoms with Gasteiger partial charge in [-0.05, 0) is 24.1 Å². The monoisotopic (exact) mass is 272 g/mol. The summed E-state index contributed by atoms with van der Waals surface area (Å²) in [6.45, 7) is 0. The molecule has 0 saturated carbocycles. The van der Waals surface area contributed by atoms with Gasteiger partial charge in [0.25, 0.3) is 0 Å². The Kier molecular flexibility index (Phi) is 5.41. The molecule has 0 fully saturated rings. The van der Waals surface area contributed by atoms with Crippen molar-refractivity contribution in [2.24, 2.45) is 5.92 Å². The predicted octanol–water partition coefficient (Wildman–Crippen LogP) is 1.86. The molecule has 1 aromatic rings. The van der Waals surface area contributed by atoms with Crippen LogP contribution in [0.3, 0.4) is 0 Å². The van der Waals surface area contributed by atoms with E-state index in [0.29, 0.717) is 5.56 Å². The number of ether oxygens (including phenoxy) is 2. The van der Waals surface area contributed by atoms with Crippen LogP contribution in [0.1, 0.15) is 12.0 Å². The quantitative estimate of drug-likeness (QED) is 0.768. The second kappa shape index (κ2) is 6.82. The molecule has 1 aromatic carbocycles. The fourth-order valence-corrected chi connectivity index (χ4v) is 1.64. The summed E-state index contributed by atoms with van der Waals surface area (Å²) < 4.78 is 34.9. The van der Waals surface area contributed by atoms with Crippen LogP contribution in [0.25, 0.3) is 0 Å². The highest BCUT2D eigenvalue weighted by molar-refractivity contribution is 5.80. The third-order valence-electron chi connectivity index (χ3n) is 2.64. The van der Waals surface area contributed by atoms with Crippen LogP contribution in [0, 0.1) is 17.6 Å². The number of rotatable bonds is 5. The lowest BCUT2D eigenvalue weighted by molar-refractivity contribution is -0.151. The highest BCUT2D eigenvalue weighted by Crippen LogP contribution is 2.17. The van der Waals surface area contributed by atoms with E-state index in [1.165, 1.54) is 20.3 Å². The molecule has 4 nitrogen and oxygen atoms in total. The normalized spacial score (nSPS) is 11.8. The first-order chi connectivity index (χ1) is 8.97. The van der Waals surface area contributed by atoms with Crippen molar-refractivity contribution >= 4 is 11.9 Å². The Labute approximate surface area is 109 Å². The van der Waals surface area contributed by atoms with Crippen molar-refractivity contribution in [2.75, 3.05) is 14.2 Å².